The van der Waals surface area contributed by atoms with Crippen LogP contribution in [0.5, 0.6) is 5.75 Å². The first-order valence-electron chi connectivity index (χ1n) is 16.2. The van der Waals surface area contributed by atoms with Crippen LogP contribution in [0.4, 0.5) is 14.9 Å². The van der Waals surface area contributed by atoms with Gasteiger partial charge in [0.2, 0.25) is 0 Å². The van der Waals surface area contributed by atoms with Crippen LogP contribution in [-0.2, 0) is 6.61 Å². The van der Waals surface area contributed by atoms with Gasteiger partial charge in [-0.05, 0) is 84.7 Å². The Morgan fingerprint density at radius 3 is 2.68 bits per heavy atom. The summed E-state index contributed by atoms with van der Waals surface area (Å²) in [6, 6.07) is 12.6. The third-order valence-corrected chi connectivity index (χ3v) is 9.74. The van der Waals surface area contributed by atoms with E-state index in [1.807, 2.05) is 30.3 Å². The number of benzene rings is 2. The minimum absolute atomic E-state index is 0.0625. The van der Waals surface area contributed by atoms with E-state index in [1.54, 1.807) is 35.1 Å². The van der Waals surface area contributed by atoms with Gasteiger partial charge >= 0.3 is 6.03 Å². The first-order chi connectivity index (χ1) is 22.7. The predicted molar refractivity (Wildman–Crippen MR) is 175 cm³/mol. The molecule has 3 amide bonds. The van der Waals surface area contributed by atoms with E-state index in [2.05, 4.69) is 9.97 Å². The zero-order valence-corrected chi connectivity index (χ0v) is 26.1. The number of likely N-dealkylation sites (tertiary alicyclic amines) is 1. The summed E-state index contributed by atoms with van der Waals surface area (Å²) in [6.07, 6.45) is 6.43. The number of urea groups is 1. The number of rotatable bonds is 5. The lowest BCUT2D eigenvalue weighted by atomic mass is 9.95. The first-order valence-corrected chi connectivity index (χ1v) is 16.2. The maximum Gasteiger partial charge on any atom is 0.320 e. The number of aromatic amines is 1. The Bertz CT molecular complexity index is 1960. The van der Waals surface area contributed by atoms with Gasteiger partial charge in [0, 0.05) is 35.9 Å². The van der Waals surface area contributed by atoms with Crippen LogP contribution in [0.1, 0.15) is 59.3 Å². The van der Waals surface area contributed by atoms with Crippen LogP contribution in [0.25, 0.3) is 27.7 Å². The molecule has 1 saturated carbocycles. The quantitative estimate of drug-likeness (QED) is 0.282. The molecule has 0 spiro atoms. The largest absolute Gasteiger partial charge is 0.491 e. The number of hydrogen-bond acceptors (Lipinski definition) is 6. The molecule has 4 aromatic rings. The fraction of sp³-hybridized carbons (Fsp3) is 0.361. The standard InChI is InChI=1S/C36H36FN5O5/c1-36(46)19-41(20-36)35(45)40-11-8-22(9-12-40)29-17-26-25(7-10-38-33(26)39-29)24-3-2-4-30(27(24)18-43)42-13-14-47-31-16-23(21-5-6-21)15-28(37)32(31)34(42)44/h2-4,7-8,10,15-17,21,43,46H,5-6,9,11-14,18-20H2,1H3,(H,38,39). The summed E-state index contributed by atoms with van der Waals surface area (Å²) in [5.41, 5.74) is 5.25. The second kappa shape index (κ2) is 11.2. The van der Waals surface area contributed by atoms with Crippen molar-refractivity contribution in [2.24, 2.45) is 0 Å². The zero-order valence-electron chi connectivity index (χ0n) is 26.1. The Labute approximate surface area is 271 Å². The molecule has 2 aromatic carbocycles. The van der Waals surface area contributed by atoms with E-state index in [9.17, 15) is 19.8 Å². The molecule has 3 N–H and O–H groups in total. The molecule has 0 unspecified atom stereocenters. The van der Waals surface area contributed by atoms with Gasteiger partial charge in [0.15, 0.2) is 0 Å². The second-order valence-electron chi connectivity index (χ2n) is 13.3. The number of β-amino-alcohol motifs (C(OH)–C–C–N with tert-alkyl or cyclic N) is 1. The van der Waals surface area contributed by atoms with E-state index in [0.717, 1.165) is 46.2 Å². The molecule has 2 fully saturated rings. The Balaban J connectivity index is 1.10. The normalized spacial score (nSPS) is 19.2. The van der Waals surface area contributed by atoms with Crippen LogP contribution in [0.2, 0.25) is 0 Å². The molecule has 0 atom stereocenters. The van der Waals surface area contributed by atoms with E-state index in [4.69, 9.17) is 4.74 Å². The number of aliphatic hydroxyl groups is 2. The molecule has 11 heteroatoms. The lowest BCUT2D eigenvalue weighted by Gasteiger charge is -2.46. The summed E-state index contributed by atoms with van der Waals surface area (Å²) >= 11 is 0. The highest BCUT2D eigenvalue weighted by atomic mass is 19.1. The lowest BCUT2D eigenvalue weighted by Crippen LogP contribution is -2.64. The van der Waals surface area contributed by atoms with Gasteiger partial charge in [-0.15, -0.1) is 0 Å². The molecule has 0 bridgehead atoms. The molecule has 3 aliphatic heterocycles. The number of halogens is 1. The lowest BCUT2D eigenvalue weighted by molar-refractivity contribution is -0.0662. The molecule has 5 heterocycles. The van der Waals surface area contributed by atoms with Gasteiger partial charge in [0.05, 0.1) is 37.5 Å². The van der Waals surface area contributed by atoms with Crippen molar-refractivity contribution in [2.75, 3.05) is 44.2 Å². The molecule has 1 aliphatic carbocycles. The number of H-pyrrole nitrogens is 1. The molecular weight excluding hydrogens is 601 g/mol. The summed E-state index contributed by atoms with van der Waals surface area (Å²) in [7, 11) is 0. The highest BCUT2D eigenvalue weighted by Crippen LogP contribution is 2.44. The molecule has 10 nitrogen and oxygen atoms in total. The van der Waals surface area contributed by atoms with E-state index in [-0.39, 0.29) is 37.1 Å². The third-order valence-electron chi connectivity index (χ3n) is 9.74. The maximum atomic E-state index is 15.4. The van der Waals surface area contributed by atoms with Crippen molar-refractivity contribution in [1.29, 1.82) is 0 Å². The summed E-state index contributed by atoms with van der Waals surface area (Å²) in [5.74, 6) is -0.490. The Morgan fingerprint density at radius 1 is 1.13 bits per heavy atom. The Kier molecular flexibility index (Phi) is 7.07. The van der Waals surface area contributed by atoms with Gasteiger partial charge in [-0.2, -0.15) is 0 Å². The number of carbonyl (C=O) groups is 2. The van der Waals surface area contributed by atoms with Crippen molar-refractivity contribution in [3.8, 4) is 16.9 Å². The number of amides is 3. The van der Waals surface area contributed by atoms with Crippen molar-refractivity contribution in [2.45, 2.75) is 44.3 Å². The van der Waals surface area contributed by atoms with E-state index in [0.29, 0.717) is 55.4 Å². The average Bonchev–Trinajstić information content (AvgIpc) is 3.84. The molecule has 8 rings (SSSR count). The van der Waals surface area contributed by atoms with Crippen molar-refractivity contribution < 1.29 is 28.9 Å². The van der Waals surface area contributed by atoms with Gasteiger partial charge in [-0.25, -0.2) is 14.2 Å². The number of ether oxygens (including phenoxy) is 1. The summed E-state index contributed by atoms with van der Waals surface area (Å²) < 4.78 is 21.3. The van der Waals surface area contributed by atoms with Crippen LogP contribution < -0.4 is 9.64 Å². The maximum absolute atomic E-state index is 15.4. The van der Waals surface area contributed by atoms with Crippen molar-refractivity contribution in [1.82, 2.24) is 19.8 Å². The van der Waals surface area contributed by atoms with Crippen LogP contribution in [0.3, 0.4) is 0 Å². The van der Waals surface area contributed by atoms with Gasteiger partial charge in [0.1, 0.15) is 29.4 Å². The van der Waals surface area contributed by atoms with E-state index in [1.165, 1.54) is 11.0 Å². The summed E-state index contributed by atoms with van der Waals surface area (Å²) in [5, 5.41) is 21.6. The predicted octanol–water partition coefficient (Wildman–Crippen LogP) is 5.05. The van der Waals surface area contributed by atoms with Gasteiger partial charge in [-0.3, -0.25) is 4.79 Å². The molecule has 2 aromatic heterocycles. The molecular formula is C36H36FN5O5. The number of aliphatic hydroxyl groups excluding tert-OH is 1. The van der Waals surface area contributed by atoms with Crippen molar-refractivity contribution in [3.05, 3.63) is 82.9 Å². The van der Waals surface area contributed by atoms with Crippen molar-refractivity contribution >= 4 is 34.2 Å². The van der Waals surface area contributed by atoms with Crippen LogP contribution in [-0.4, -0.2) is 86.9 Å². The number of fused-ring (bicyclic) bond motifs is 2. The van der Waals surface area contributed by atoms with Crippen molar-refractivity contribution in [3.63, 3.8) is 0 Å². The minimum Gasteiger partial charge on any atom is -0.491 e. The molecule has 47 heavy (non-hydrogen) atoms. The van der Waals surface area contributed by atoms with Gasteiger partial charge in [0.25, 0.3) is 5.91 Å². The smallest absolute Gasteiger partial charge is 0.320 e. The number of hydrogen-bond donors (Lipinski definition) is 3. The Hall–Kier alpha value is -4.74. The van der Waals surface area contributed by atoms with Crippen LogP contribution in [0, 0.1) is 5.82 Å². The molecule has 1 saturated heterocycles. The fourth-order valence-electron chi connectivity index (χ4n) is 7.17. The van der Waals surface area contributed by atoms with E-state index >= 15 is 4.39 Å². The van der Waals surface area contributed by atoms with Gasteiger partial charge < -0.3 is 34.6 Å². The average molecular weight is 638 g/mol. The number of anilines is 1. The topological polar surface area (TPSA) is 122 Å². The second-order valence-corrected chi connectivity index (χ2v) is 13.3. The van der Waals surface area contributed by atoms with Crippen LogP contribution >= 0.6 is 0 Å². The third kappa shape index (κ3) is 5.23. The Morgan fingerprint density at radius 2 is 1.96 bits per heavy atom. The number of nitrogens with zero attached hydrogens (tertiary/aromatic N) is 4. The summed E-state index contributed by atoms with van der Waals surface area (Å²) in [6.45, 7) is 3.51. The number of aromatic nitrogens is 2. The number of carbonyl (C=O) groups excluding carboxylic acids is 2. The van der Waals surface area contributed by atoms with Crippen LogP contribution in [0.15, 0.2) is 54.7 Å². The monoisotopic (exact) mass is 637 g/mol. The fourth-order valence-corrected chi connectivity index (χ4v) is 7.17. The SMILES string of the molecule is CC1(O)CN(C(=O)N2CC=C(c3cc4c(-c5cccc(N6CCOc7cc(C8CC8)cc(F)c7C6=O)c5CO)ccnc4[nH]3)CC2)C1. The molecule has 4 aliphatic rings. The van der Waals surface area contributed by atoms with Gasteiger partial charge in [-0.1, -0.05) is 18.2 Å². The minimum atomic E-state index is -0.809. The first kappa shape index (κ1) is 29.6. The molecule has 0 radical (unpaired) electrons. The molecule has 242 valence electrons. The van der Waals surface area contributed by atoms with E-state index < -0.39 is 17.3 Å². The highest BCUT2D eigenvalue weighted by molar-refractivity contribution is 6.09. The zero-order chi connectivity index (χ0) is 32.4. The number of pyridine rings is 1. The highest BCUT2D eigenvalue weighted by Gasteiger charge is 2.41. The number of nitrogens with one attached hydrogen (secondary N) is 1. The summed E-state index contributed by atoms with van der Waals surface area (Å²) in [4.78, 5) is 39.7.